The normalized spacial score (nSPS) is 12.7. The molecule has 3 aromatic heterocycles. The van der Waals surface area contributed by atoms with Gasteiger partial charge < -0.3 is 36.3 Å². The lowest BCUT2D eigenvalue weighted by atomic mass is 10.0. The predicted molar refractivity (Wildman–Crippen MR) is 200 cm³/mol. The highest BCUT2D eigenvalue weighted by Gasteiger charge is 2.31. The van der Waals surface area contributed by atoms with E-state index in [2.05, 4.69) is 53.1 Å². The maximum absolute atomic E-state index is 14.0. The number of imidazole rings is 2. The number of rotatable bonds is 24. The van der Waals surface area contributed by atoms with Gasteiger partial charge in [-0.3, -0.25) is 24.2 Å². The molecule has 4 rings (SSSR count). The van der Waals surface area contributed by atoms with Crippen LogP contribution in [0.25, 0.3) is 0 Å². The minimum Gasteiger partial charge on any atom is -0.508 e. The number of nitrogens with one attached hydrogen (secondary N) is 6. The highest BCUT2D eigenvalue weighted by Crippen LogP contribution is 2.13. The van der Waals surface area contributed by atoms with Crippen LogP contribution in [-0.2, 0) is 44.9 Å². The maximum Gasteiger partial charge on any atom is 0.243 e. The van der Waals surface area contributed by atoms with E-state index in [4.69, 9.17) is 0 Å². The average Bonchev–Trinajstić information content (AvgIpc) is 3.88. The third-order valence-corrected chi connectivity index (χ3v) is 8.92. The number of aromatic nitrogens is 5. The molecule has 0 fully saturated rings. The Hall–Kier alpha value is -5.53. The van der Waals surface area contributed by atoms with E-state index < -0.39 is 35.8 Å². The number of carbonyl (C=O) groups excluding carboxylic acids is 4. The molecule has 4 aromatic rings. The fourth-order valence-corrected chi connectivity index (χ4v) is 5.94. The predicted octanol–water partition coefficient (Wildman–Crippen LogP) is 3.61. The lowest BCUT2D eigenvalue weighted by Gasteiger charge is -2.25. The summed E-state index contributed by atoms with van der Waals surface area (Å²) in [5.41, 5.74) is 2.75. The van der Waals surface area contributed by atoms with Gasteiger partial charge in [0, 0.05) is 74.3 Å². The van der Waals surface area contributed by atoms with Crippen molar-refractivity contribution >= 4 is 23.6 Å². The Morgan fingerprint density at radius 1 is 0.698 bits per heavy atom. The molecular formula is C39H53N9O5. The van der Waals surface area contributed by atoms with Crippen LogP contribution in [0, 0.1) is 0 Å². The third kappa shape index (κ3) is 14.9. The second-order valence-corrected chi connectivity index (χ2v) is 13.3. The zero-order chi connectivity index (χ0) is 37.7. The molecule has 0 unspecified atom stereocenters. The summed E-state index contributed by atoms with van der Waals surface area (Å²) in [6.07, 6.45) is 17.6. The largest absolute Gasteiger partial charge is 0.508 e. The summed E-state index contributed by atoms with van der Waals surface area (Å²) in [5, 5.41) is 21.2. The van der Waals surface area contributed by atoms with Gasteiger partial charge in [0.1, 0.15) is 23.9 Å². The second kappa shape index (κ2) is 22.4. The number of pyridine rings is 1. The fraction of sp³-hybridized carbons (Fsp3) is 0.462. The molecule has 0 saturated heterocycles. The van der Waals surface area contributed by atoms with Crippen LogP contribution in [-0.4, -0.2) is 78.3 Å². The number of aromatic hydroxyl groups is 1. The first kappa shape index (κ1) is 40.2. The first-order valence-corrected chi connectivity index (χ1v) is 18.6. The molecule has 3 heterocycles. The first-order chi connectivity index (χ1) is 25.8. The van der Waals surface area contributed by atoms with Gasteiger partial charge in [0.25, 0.3) is 0 Å². The number of hydrogen-bond donors (Lipinski definition) is 7. The van der Waals surface area contributed by atoms with E-state index in [-0.39, 0.29) is 37.3 Å². The molecule has 0 aliphatic rings. The van der Waals surface area contributed by atoms with E-state index in [1.807, 2.05) is 18.2 Å². The van der Waals surface area contributed by atoms with Gasteiger partial charge in [0.15, 0.2) is 0 Å². The molecule has 0 radical (unpaired) electrons. The van der Waals surface area contributed by atoms with Gasteiger partial charge in [0.05, 0.1) is 12.7 Å². The van der Waals surface area contributed by atoms with Crippen molar-refractivity contribution in [3.05, 3.63) is 96.4 Å². The van der Waals surface area contributed by atoms with E-state index in [1.165, 1.54) is 50.5 Å². The third-order valence-electron chi connectivity index (χ3n) is 8.92. The van der Waals surface area contributed by atoms with Crippen molar-refractivity contribution < 1.29 is 24.3 Å². The summed E-state index contributed by atoms with van der Waals surface area (Å²) in [6, 6.07) is 8.80. The van der Waals surface area contributed by atoms with E-state index in [0.29, 0.717) is 29.9 Å². The zero-order valence-electron chi connectivity index (χ0n) is 30.5. The van der Waals surface area contributed by atoms with E-state index in [0.717, 1.165) is 31.4 Å². The monoisotopic (exact) mass is 727 g/mol. The minimum absolute atomic E-state index is 0.0494. The van der Waals surface area contributed by atoms with Gasteiger partial charge in [-0.25, -0.2) is 9.97 Å². The molecular weight excluding hydrogens is 674 g/mol. The second-order valence-electron chi connectivity index (χ2n) is 13.3. The molecule has 1 aromatic carbocycles. The molecule has 0 spiro atoms. The minimum atomic E-state index is -1.12. The van der Waals surface area contributed by atoms with Crippen molar-refractivity contribution in [2.24, 2.45) is 0 Å². The summed E-state index contributed by atoms with van der Waals surface area (Å²) in [7, 11) is 0. The Labute approximate surface area is 310 Å². The van der Waals surface area contributed by atoms with Gasteiger partial charge in [-0.05, 0) is 36.2 Å². The topological polar surface area (TPSA) is 207 Å². The van der Waals surface area contributed by atoms with Gasteiger partial charge in [-0.1, -0.05) is 70.1 Å². The van der Waals surface area contributed by atoms with E-state index in [1.54, 1.807) is 30.7 Å². The fourth-order valence-electron chi connectivity index (χ4n) is 5.94. The van der Waals surface area contributed by atoms with Crippen LogP contribution < -0.4 is 21.3 Å². The molecule has 284 valence electrons. The number of nitrogens with zero attached hydrogens (tertiary/aromatic N) is 3. The van der Waals surface area contributed by atoms with Crippen molar-refractivity contribution in [2.75, 3.05) is 6.54 Å². The van der Waals surface area contributed by atoms with Gasteiger partial charge >= 0.3 is 0 Å². The lowest BCUT2D eigenvalue weighted by molar-refractivity contribution is -0.133. The standard InChI is InChI=1S/C39H53N9O5/c1-2-3-4-5-6-7-8-9-13-36(50)46-34(22-30-24-40-26-44-30)38(52)48-35(23-31-25-41-27-45-31)39(53)47-33(21-28-14-16-32(49)17-15-28)37(51)43-20-18-29-12-10-11-19-42-29/h10-12,14-17,19,24-27,33-35,49H,2-9,13,18,20-23H2,1H3,(H,40,44)(H,41,45)(H,43,51)(H,46,50)(H,47,53)(H,48,52)/t33-,34-,35-/m0/s1. The molecule has 14 nitrogen and oxygen atoms in total. The summed E-state index contributed by atoms with van der Waals surface area (Å²) in [4.78, 5) is 72.8. The Balaban J connectivity index is 1.44. The number of hydrogen-bond acceptors (Lipinski definition) is 8. The summed E-state index contributed by atoms with van der Waals surface area (Å²) >= 11 is 0. The van der Waals surface area contributed by atoms with Crippen molar-refractivity contribution in [3.63, 3.8) is 0 Å². The summed E-state index contributed by atoms with van der Waals surface area (Å²) < 4.78 is 0. The number of unbranched alkanes of at least 4 members (excludes halogenated alkanes) is 7. The molecule has 0 saturated carbocycles. The van der Waals surface area contributed by atoms with Crippen LogP contribution in [0.2, 0.25) is 0 Å². The van der Waals surface area contributed by atoms with Crippen molar-refractivity contribution in [1.29, 1.82) is 0 Å². The highest BCUT2D eigenvalue weighted by atomic mass is 16.3. The van der Waals surface area contributed by atoms with E-state index in [9.17, 15) is 24.3 Å². The van der Waals surface area contributed by atoms with Crippen LogP contribution in [0.3, 0.4) is 0 Å². The smallest absolute Gasteiger partial charge is 0.243 e. The molecule has 0 aliphatic carbocycles. The Bertz CT molecular complexity index is 1650. The van der Waals surface area contributed by atoms with Crippen LogP contribution >= 0.6 is 0 Å². The lowest BCUT2D eigenvalue weighted by Crippen LogP contribution is -2.58. The Morgan fingerprint density at radius 2 is 1.28 bits per heavy atom. The summed E-state index contributed by atoms with van der Waals surface area (Å²) in [5.74, 6) is -1.74. The first-order valence-electron chi connectivity index (χ1n) is 18.6. The molecule has 53 heavy (non-hydrogen) atoms. The molecule has 3 atom stereocenters. The highest BCUT2D eigenvalue weighted by molar-refractivity contribution is 5.94. The van der Waals surface area contributed by atoms with Crippen molar-refractivity contribution in [1.82, 2.24) is 46.2 Å². The van der Waals surface area contributed by atoms with Crippen molar-refractivity contribution in [3.8, 4) is 5.75 Å². The maximum atomic E-state index is 14.0. The van der Waals surface area contributed by atoms with Crippen molar-refractivity contribution in [2.45, 2.75) is 109 Å². The van der Waals surface area contributed by atoms with Crippen LogP contribution in [0.4, 0.5) is 0 Å². The zero-order valence-corrected chi connectivity index (χ0v) is 30.5. The molecule has 4 amide bonds. The quantitative estimate of drug-likeness (QED) is 0.0530. The number of phenolic OH excluding ortho intramolecular Hbond substituents is 1. The number of H-pyrrole nitrogens is 2. The average molecular weight is 728 g/mol. The number of aromatic amines is 2. The van der Waals surface area contributed by atoms with Gasteiger partial charge in [0.2, 0.25) is 23.6 Å². The van der Waals surface area contributed by atoms with Gasteiger partial charge in [-0.2, -0.15) is 0 Å². The number of benzene rings is 1. The van der Waals surface area contributed by atoms with Crippen LogP contribution in [0.5, 0.6) is 5.75 Å². The molecule has 7 N–H and O–H groups in total. The summed E-state index contributed by atoms with van der Waals surface area (Å²) in [6.45, 7) is 2.48. The molecule has 0 aliphatic heterocycles. The molecule has 14 heteroatoms. The Morgan fingerprint density at radius 3 is 1.85 bits per heavy atom. The van der Waals surface area contributed by atoms with Crippen LogP contribution in [0.15, 0.2) is 73.7 Å². The molecule has 0 bridgehead atoms. The van der Waals surface area contributed by atoms with Crippen LogP contribution in [0.1, 0.15) is 87.4 Å². The number of carbonyl (C=O) groups is 4. The SMILES string of the molecule is CCCCCCCCCCC(=O)N[C@@H](Cc1cnc[nH]1)C(=O)N[C@@H](Cc1cnc[nH]1)C(=O)N[C@@H](Cc1ccc(O)cc1)C(=O)NCCc1ccccn1. The number of phenols is 1. The Kier molecular flexibility index (Phi) is 17.0. The van der Waals surface area contributed by atoms with Gasteiger partial charge in [-0.15, -0.1) is 0 Å². The number of amides is 4. The van der Waals surface area contributed by atoms with E-state index >= 15 is 0 Å².